The van der Waals surface area contributed by atoms with Gasteiger partial charge in [-0.25, -0.2) is 8.42 Å². The molecule has 0 bridgehead atoms. The molecule has 0 fully saturated rings. The highest BCUT2D eigenvalue weighted by Gasteiger charge is 1.42. The van der Waals surface area contributed by atoms with Crippen LogP contribution in [-0.2, 0) is 22.7 Å². The maximum Gasteiger partial charge on any atom is 0.0814 e. The summed E-state index contributed by atoms with van der Waals surface area (Å²) in [5.41, 5.74) is 0. The van der Waals surface area contributed by atoms with E-state index in [0.717, 1.165) is 0 Å². The van der Waals surface area contributed by atoms with Crippen LogP contribution >= 0.6 is 0 Å². The molecule has 7 nitrogen and oxygen atoms in total. The number of hydrogen-bond acceptors (Lipinski definition) is 4. The van der Waals surface area contributed by atoms with Crippen molar-refractivity contribution >= 4 is 22.7 Å². The van der Waals surface area contributed by atoms with Crippen LogP contribution in [0.15, 0.2) is 0 Å². The monoisotopic (exact) mass is 180 g/mol. The molecule has 0 aromatic heterocycles. The second-order valence-electron chi connectivity index (χ2n) is 0.434. The average molecular weight is 180 g/mol. The van der Waals surface area contributed by atoms with Crippen LogP contribution in [-0.4, -0.2) is 32.1 Å². The summed E-state index contributed by atoms with van der Waals surface area (Å²) in [7, 11) is 0. The molecule has 2 atom stereocenters. The van der Waals surface area contributed by atoms with Crippen LogP contribution in [0.3, 0.4) is 0 Å². The van der Waals surface area contributed by atoms with Crippen LogP contribution in [0.25, 0.3) is 0 Å². The SMILES string of the molecule is O.O=S([O-])O.O=S([O-])O. The van der Waals surface area contributed by atoms with Gasteiger partial charge in [-0.3, -0.25) is 0 Å². The van der Waals surface area contributed by atoms with E-state index in [9.17, 15) is 0 Å². The average Bonchev–Trinajstić information content (AvgIpc) is 1.25. The van der Waals surface area contributed by atoms with Gasteiger partial charge in [0.1, 0.15) is 0 Å². The van der Waals surface area contributed by atoms with Gasteiger partial charge >= 0.3 is 0 Å². The predicted octanol–water partition coefficient (Wildman–Crippen LogP) is -2.15. The summed E-state index contributed by atoms with van der Waals surface area (Å²) in [5, 5.41) is 0. The van der Waals surface area contributed by atoms with E-state index < -0.39 is 22.7 Å². The molecule has 4 N–H and O–H groups in total. The van der Waals surface area contributed by atoms with Crippen LogP contribution < -0.4 is 0 Å². The Hall–Kier alpha value is 0.1000. The van der Waals surface area contributed by atoms with Crippen molar-refractivity contribution in [2.75, 3.05) is 0 Å². The first kappa shape index (κ1) is 16.0. The van der Waals surface area contributed by atoms with E-state index in [1.165, 1.54) is 0 Å². The maximum atomic E-state index is 8.56. The fourth-order valence-corrected chi connectivity index (χ4v) is 0. The molecule has 0 saturated carbocycles. The molecule has 9 heteroatoms. The quantitative estimate of drug-likeness (QED) is 0.405. The van der Waals surface area contributed by atoms with Crippen LogP contribution in [0.5, 0.6) is 0 Å². The lowest BCUT2D eigenvalue weighted by Crippen LogP contribution is -1.75. The number of hydrogen-bond donors (Lipinski definition) is 2. The molecule has 2 unspecified atom stereocenters. The second kappa shape index (κ2) is 11.0. The van der Waals surface area contributed by atoms with E-state index in [-0.39, 0.29) is 5.48 Å². The highest BCUT2D eigenvalue weighted by molar-refractivity contribution is 7.73. The Labute approximate surface area is 55.6 Å². The van der Waals surface area contributed by atoms with Gasteiger partial charge in [-0.1, -0.05) is 0 Å². The third-order valence-corrected chi connectivity index (χ3v) is 0. The largest absolute Gasteiger partial charge is 0.750 e. The Balaban J connectivity index is -0.0000000720. The minimum absolute atomic E-state index is 0. The highest BCUT2D eigenvalue weighted by Crippen LogP contribution is 1.43. The molecule has 0 amide bonds. The van der Waals surface area contributed by atoms with Crippen molar-refractivity contribution in [1.29, 1.82) is 0 Å². The van der Waals surface area contributed by atoms with Gasteiger partial charge < -0.3 is 23.7 Å². The van der Waals surface area contributed by atoms with Gasteiger partial charge in [0.05, 0.1) is 22.7 Å². The Morgan fingerprint density at radius 2 is 1.00 bits per heavy atom. The van der Waals surface area contributed by atoms with Gasteiger partial charge in [0, 0.05) is 0 Å². The van der Waals surface area contributed by atoms with Crippen molar-refractivity contribution < 1.29 is 32.1 Å². The van der Waals surface area contributed by atoms with Crippen LogP contribution in [0.1, 0.15) is 0 Å². The molecule has 0 radical (unpaired) electrons. The molecule has 0 heterocycles. The molecule has 60 valence electrons. The van der Waals surface area contributed by atoms with Crippen molar-refractivity contribution in [1.82, 2.24) is 0 Å². The first-order valence-corrected chi connectivity index (χ1v) is 3.10. The summed E-state index contributed by atoms with van der Waals surface area (Å²) in [6.45, 7) is 0. The van der Waals surface area contributed by atoms with Crippen molar-refractivity contribution in [2.24, 2.45) is 0 Å². The smallest absolute Gasteiger partial charge is 0.0814 e. The summed E-state index contributed by atoms with van der Waals surface area (Å²) in [4.78, 5) is 0. The normalized spacial score (nSPS) is 13.8. The predicted molar refractivity (Wildman–Crippen MR) is 26.7 cm³/mol. The molecule has 0 aliphatic carbocycles. The Kier molecular flexibility index (Phi) is 19.6. The third kappa shape index (κ3) is 30100. The van der Waals surface area contributed by atoms with E-state index in [0.29, 0.717) is 0 Å². The number of rotatable bonds is 0. The Bertz CT molecular complexity index is 64.9. The molecule has 0 aliphatic rings. The Morgan fingerprint density at radius 3 is 1.00 bits per heavy atom. The minimum atomic E-state index is -2.86. The van der Waals surface area contributed by atoms with Crippen LogP contribution in [0, 0.1) is 0 Å². The zero-order valence-electron chi connectivity index (χ0n) is 3.84. The summed E-state index contributed by atoms with van der Waals surface area (Å²) in [6.07, 6.45) is 0. The lowest BCUT2D eigenvalue weighted by atomic mass is 15.8. The van der Waals surface area contributed by atoms with Crippen LogP contribution in [0.2, 0.25) is 0 Å². The fourth-order valence-electron chi connectivity index (χ4n) is 0. The first-order chi connectivity index (χ1) is 3.46. The molecule has 0 rings (SSSR count). The maximum absolute atomic E-state index is 8.56. The van der Waals surface area contributed by atoms with Gasteiger partial charge in [0.15, 0.2) is 0 Å². The minimum Gasteiger partial charge on any atom is -0.750 e. The van der Waals surface area contributed by atoms with E-state index in [1.807, 2.05) is 0 Å². The Morgan fingerprint density at radius 1 is 1.00 bits per heavy atom. The lowest BCUT2D eigenvalue weighted by molar-refractivity contribution is 0.434. The summed E-state index contributed by atoms with van der Waals surface area (Å²) in [5.74, 6) is 0. The van der Waals surface area contributed by atoms with Gasteiger partial charge in [-0.15, -0.1) is 0 Å². The molecular weight excluding hydrogens is 176 g/mol. The summed E-state index contributed by atoms with van der Waals surface area (Å²) >= 11 is -5.72. The first-order valence-electron chi connectivity index (χ1n) is 1.03. The zero-order valence-corrected chi connectivity index (χ0v) is 5.48. The van der Waals surface area contributed by atoms with Gasteiger partial charge in [0.2, 0.25) is 0 Å². The van der Waals surface area contributed by atoms with E-state index >= 15 is 0 Å². The van der Waals surface area contributed by atoms with Crippen molar-refractivity contribution in [2.45, 2.75) is 0 Å². The molecule has 9 heavy (non-hydrogen) atoms. The lowest BCUT2D eigenvalue weighted by Gasteiger charge is -1.83. The standard InChI is InChI=1S/2H2O3S.H2O/c2*1-4(2)3;/h2*(H2,1,2,3);1H2/p-2. The highest BCUT2D eigenvalue weighted by atomic mass is 32.2. The van der Waals surface area contributed by atoms with Gasteiger partial charge in [-0.05, 0) is 0 Å². The molecular formula is H4O7S2-2. The van der Waals surface area contributed by atoms with E-state index in [1.54, 1.807) is 0 Å². The van der Waals surface area contributed by atoms with Crippen molar-refractivity contribution in [3.63, 3.8) is 0 Å². The summed E-state index contributed by atoms with van der Waals surface area (Å²) in [6, 6.07) is 0. The molecule has 0 aliphatic heterocycles. The zero-order chi connectivity index (χ0) is 7.15. The van der Waals surface area contributed by atoms with E-state index in [4.69, 9.17) is 26.6 Å². The molecule has 0 spiro atoms. The van der Waals surface area contributed by atoms with E-state index in [2.05, 4.69) is 0 Å². The molecule has 0 aromatic carbocycles. The van der Waals surface area contributed by atoms with Gasteiger partial charge in [0.25, 0.3) is 0 Å². The van der Waals surface area contributed by atoms with Crippen molar-refractivity contribution in [3.8, 4) is 0 Å². The molecule has 0 saturated heterocycles. The summed E-state index contributed by atoms with van der Waals surface area (Å²) < 4.78 is 48.2. The second-order valence-corrected chi connectivity index (χ2v) is 1.30. The molecule has 0 aromatic rings. The topological polar surface area (TPSA) is 152 Å². The fraction of sp³-hybridized carbons (Fsp3) is 0. The van der Waals surface area contributed by atoms with Crippen molar-refractivity contribution in [3.05, 3.63) is 0 Å². The third-order valence-electron chi connectivity index (χ3n) is 0. The van der Waals surface area contributed by atoms with Gasteiger partial charge in [-0.2, -0.15) is 0 Å². The van der Waals surface area contributed by atoms with Crippen LogP contribution in [0.4, 0.5) is 0 Å².